The van der Waals surface area contributed by atoms with Gasteiger partial charge in [-0.05, 0) is 37.6 Å². The highest BCUT2D eigenvalue weighted by atomic mass is 32.2. The Bertz CT molecular complexity index is 1280. The maximum absolute atomic E-state index is 13.0. The number of sulfonamides is 1. The summed E-state index contributed by atoms with van der Waals surface area (Å²) in [5.74, 6) is 0.170. The summed E-state index contributed by atoms with van der Waals surface area (Å²) < 4.78 is 30.4. The summed E-state index contributed by atoms with van der Waals surface area (Å²) in [5, 5.41) is 4.08. The van der Waals surface area contributed by atoms with E-state index in [1.54, 1.807) is 29.0 Å². The third-order valence-electron chi connectivity index (χ3n) is 4.59. The van der Waals surface area contributed by atoms with Gasteiger partial charge in [0.1, 0.15) is 4.90 Å². The van der Waals surface area contributed by atoms with E-state index < -0.39 is 15.6 Å². The van der Waals surface area contributed by atoms with Crippen LogP contribution >= 0.6 is 0 Å². The summed E-state index contributed by atoms with van der Waals surface area (Å²) >= 11 is 0. The molecule has 0 spiro atoms. The Labute approximate surface area is 168 Å². The fourth-order valence-electron chi connectivity index (χ4n) is 3.10. The Balaban J connectivity index is 1.68. The number of fused-ring (bicyclic) bond motifs is 1. The summed E-state index contributed by atoms with van der Waals surface area (Å²) in [7, 11) is -3.80. The largest absolute Gasteiger partial charge is 0.366 e. The number of anilines is 1. The van der Waals surface area contributed by atoms with Crippen LogP contribution < -0.4 is 10.5 Å². The second kappa shape index (κ2) is 6.94. The summed E-state index contributed by atoms with van der Waals surface area (Å²) in [4.78, 5) is 8.29. The molecule has 148 valence electrons. The number of nitrogens with two attached hydrogens (primary N) is 1. The van der Waals surface area contributed by atoms with Gasteiger partial charge in [0.15, 0.2) is 5.65 Å². The first-order valence-corrected chi connectivity index (χ1v) is 10.4. The van der Waals surface area contributed by atoms with E-state index in [0.29, 0.717) is 11.2 Å². The minimum atomic E-state index is -3.80. The van der Waals surface area contributed by atoms with Gasteiger partial charge in [-0.2, -0.15) is 4.98 Å². The number of nitrogen functional groups attached to an aromatic ring is 1. The second-order valence-corrected chi connectivity index (χ2v) is 8.88. The van der Waals surface area contributed by atoms with Crippen LogP contribution in [0.15, 0.2) is 72.0 Å². The summed E-state index contributed by atoms with van der Waals surface area (Å²) in [6.07, 6.45) is 4.66. The molecule has 0 radical (unpaired) electrons. The van der Waals surface area contributed by atoms with Crippen molar-refractivity contribution in [2.75, 3.05) is 5.73 Å². The van der Waals surface area contributed by atoms with Gasteiger partial charge in [0, 0.05) is 29.7 Å². The molecule has 0 saturated heterocycles. The molecule has 9 heteroatoms. The number of rotatable bonds is 5. The Kier molecular flexibility index (Phi) is 4.56. The molecule has 0 amide bonds. The first kappa shape index (κ1) is 19.0. The normalized spacial score (nSPS) is 12.3. The predicted octanol–water partition coefficient (Wildman–Crippen LogP) is 2.59. The molecule has 0 unspecified atom stereocenters. The van der Waals surface area contributed by atoms with E-state index in [4.69, 9.17) is 5.73 Å². The third kappa shape index (κ3) is 3.82. The molecule has 0 aliphatic heterocycles. The van der Waals surface area contributed by atoms with Crippen molar-refractivity contribution in [2.24, 2.45) is 0 Å². The Morgan fingerprint density at radius 1 is 1.03 bits per heavy atom. The van der Waals surface area contributed by atoms with Gasteiger partial charge in [-0.1, -0.05) is 30.3 Å². The highest BCUT2D eigenvalue weighted by Crippen LogP contribution is 2.25. The Morgan fingerprint density at radius 2 is 1.79 bits per heavy atom. The number of hydrogen-bond donors (Lipinski definition) is 2. The van der Waals surface area contributed by atoms with Crippen molar-refractivity contribution in [1.29, 1.82) is 0 Å². The van der Waals surface area contributed by atoms with E-state index >= 15 is 0 Å². The Morgan fingerprint density at radius 3 is 2.55 bits per heavy atom. The van der Waals surface area contributed by atoms with Gasteiger partial charge in [0.25, 0.3) is 0 Å². The minimum absolute atomic E-state index is 0.0807. The van der Waals surface area contributed by atoms with Gasteiger partial charge in [-0.25, -0.2) is 17.7 Å². The Hall–Kier alpha value is -3.30. The minimum Gasteiger partial charge on any atom is -0.366 e. The van der Waals surface area contributed by atoms with Crippen LogP contribution in [0, 0.1) is 0 Å². The van der Waals surface area contributed by atoms with Crippen molar-refractivity contribution >= 4 is 21.6 Å². The first-order valence-electron chi connectivity index (χ1n) is 8.91. The van der Waals surface area contributed by atoms with Crippen LogP contribution in [-0.4, -0.2) is 28.0 Å². The van der Waals surface area contributed by atoms with Crippen molar-refractivity contribution in [3.8, 4) is 11.1 Å². The number of benzene rings is 1. The van der Waals surface area contributed by atoms with Gasteiger partial charge < -0.3 is 5.73 Å². The molecule has 0 saturated carbocycles. The van der Waals surface area contributed by atoms with Gasteiger partial charge >= 0.3 is 0 Å². The topological polar surface area (TPSA) is 115 Å². The lowest BCUT2D eigenvalue weighted by molar-refractivity contribution is 0.472. The van der Waals surface area contributed by atoms with E-state index in [9.17, 15) is 8.42 Å². The average molecular weight is 408 g/mol. The van der Waals surface area contributed by atoms with Gasteiger partial charge in [-0.15, -0.1) is 5.10 Å². The highest BCUT2D eigenvalue weighted by Gasteiger charge is 2.28. The number of hydrogen-bond acceptors (Lipinski definition) is 6. The summed E-state index contributed by atoms with van der Waals surface area (Å²) in [5.41, 5.74) is 7.69. The summed E-state index contributed by atoms with van der Waals surface area (Å²) in [6.45, 7) is 3.64. The number of nitrogens with one attached hydrogen (secondary N) is 1. The molecule has 0 atom stereocenters. The standard InChI is InChI=1S/C20H20N6O2S/c1-20(2,16-6-4-3-5-7-16)25-29(27,28)17-10-15(11-22-12-17)14-8-9-18-23-19(21)24-26(18)13-14/h3-13,25H,1-2H3,(H2,21,24). The monoisotopic (exact) mass is 408 g/mol. The maximum Gasteiger partial charge on any atom is 0.242 e. The molecule has 0 fully saturated rings. The summed E-state index contributed by atoms with van der Waals surface area (Å²) in [6, 6.07) is 14.6. The van der Waals surface area contributed by atoms with E-state index in [1.165, 1.54) is 6.20 Å². The zero-order valence-corrected chi connectivity index (χ0v) is 16.8. The van der Waals surface area contributed by atoms with E-state index in [0.717, 1.165) is 11.1 Å². The smallest absolute Gasteiger partial charge is 0.242 e. The lowest BCUT2D eigenvalue weighted by Gasteiger charge is -2.26. The molecule has 0 bridgehead atoms. The molecule has 4 rings (SSSR count). The quantitative estimate of drug-likeness (QED) is 0.524. The van der Waals surface area contributed by atoms with Gasteiger partial charge in [-0.3, -0.25) is 4.98 Å². The van der Waals surface area contributed by atoms with Crippen LogP contribution in [0.2, 0.25) is 0 Å². The second-order valence-electron chi connectivity index (χ2n) is 7.20. The van der Waals surface area contributed by atoms with Crippen LogP contribution in [0.4, 0.5) is 5.95 Å². The van der Waals surface area contributed by atoms with E-state index in [2.05, 4.69) is 19.8 Å². The van der Waals surface area contributed by atoms with Crippen LogP contribution in [0.3, 0.4) is 0 Å². The third-order valence-corrected chi connectivity index (χ3v) is 6.21. The average Bonchev–Trinajstić information content (AvgIpc) is 3.07. The molecule has 4 aromatic rings. The molecule has 29 heavy (non-hydrogen) atoms. The number of nitrogens with zero attached hydrogens (tertiary/aromatic N) is 4. The highest BCUT2D eigenvalue weighted by molar-refractivity contribution is 7.89. The zero-order valence-electron chi connectivity index (χ0n) is 15.9. The van der Waals surface area contributed by atoms with Crippen molar-refractivity contribution in [3.05, 3.63) is 72.7 Å². The molecule has 3 N–H and O–H groups in total. The van der Waals surface area contributed by atoms with E-state index in [1.807, 2.05) is 50.2 Å². The van der Waals surface area contributed by atoms with Crippen LogP contribution in [0.1, 0.15) is 19.4 Å². The fraction of sp³-hybridized carbons (Fsp3) is 0.150. The molecule has 0 aliphatic rings. The predicted molar refractivity (Wildman–Crippen MR) is 110 cm³/mol. The van der Waals surface area contributed by atoms with Crippen LogP contribution in [0.25, 0.3) is 16.8 Å². The lowest BCUT2D eigenvalue weighted by Crippen LogP contribution is -2.40. The van der Waals surface area contributed by atoms with Gasteiger partial charge in [0.05, 0.1) is 5.54 Å². The maximum atomic E-state index is 13.0. The van der Waals surface area contributed by atoms with Crippen molar-refractivity contribution < 1.29 is 8.42 Å². The van der Waals surface area contributed by atoms with E-state index in [-0.39, 0.29) is 10.8 Å². The van der Waals surface area contributed by atoms with Crippen molar-refractivity contribution in [3.63, 3.8) is 0 Å². The van der Waals surface area contributed by atoms with Crippen LogP contribution in [0.5, 0.6) is 0 Å². The number of pyridine rings is 2. The SMILES string of the molecule is CC(C)(NS(=O)(=O)c1cncc(-c2ccc3nc(N)nn3c2)c1)c1ccccc1. The molecule has 1 aromatic carbocycles. The number of aromatic nitrogens is 4. The fourth-order valence-corrected chi connectivity index (χ4v) is 4.49. The molecular weight excluding hydrogens is 388 g/mol. The first-order chi connectivity index (χ1) is 13.7. The molecule has 8 nitrogen and oxygen atoms in total. The van der Waals surface area contributed by atoms with Gasteiger partial charge in [0.2, 0.25) is 16.0 Å². The zero-order chi connectivity index (χ0) is 20.6. The molecule has 3 aromatic heterocycles. The molecule has 0 aliphatic carbocycles. The van der Waals surface area contributed by atoms with Crippen LogP contribution in [-0.2, 0) is 15.6 Å². The van der Waals surface area contributed by atoms with Crippen molar-refractivity contribution in [1.82, 2.24) is 24.3 Å². The molecular formula is C20H20N6O2S. The van der Waals surface area contributed by atoms with Crippen molar-refractivity contribution in [2.45, 2.75) is 24.3 Å². The lowest BCUT2D eigenvalue weighted by atomic mass is 9.96. The molecule has 3 heterocycles.